The summed E-state index contributed by atoms with van der Waals surface area (Å²) in [5.41, 5.74) is -0.558. The van der Waals surface area contributed by atoms with Crippen LogP contribution < -0.4 is 16.0 Å². The van der Waals surface area contributed by atoms with Gasteiger partial charge in [0.15, 0.2) is 5.82 Å². The summed E-state index contributed by atoms with van der Waals surface area (Å²) in [4.78, 5) is 24.0. The summed E-state index contributed by atoms with van der Waals surface area (Å²) in [6.07, 6.45) is 1.86. The smallest absolute Gasteiger partial charge is 0.407 e. The molecule has 0 aliphatic carbocycles. The number of amides is 3. The first-order valence-corrected chi connectivity index (χ1v) is 8.98. The van der Waals surface area contributed by atoms with Crippen molar-refractivity contribution >= 4 is 12.1 Å². The molecule has 0 aromatic carbocycles. The second-order valence-corrected chi connectivity index (χ2v) is 7.57. The number of carbonyl (C=O) groups is 2. The number of nitrogens with one attached hydrogen (secondary N) is 3. The number of urea groups is 1. The molecule has 0 spiro atoms. The van der Waals surface area contributed by atoms with Gasteiger partial charge in [-0.05, 0) is 40.0 Å². The second kappa shape index (κ2) is 9.98. The summed E-state index contributed by atoms with van der Waals surface area (Å²) in [5, 5.41) is 16.2. The topological polar surface area (TPSA) is 110 Å². The third-order valence-electron chi connectivity index (χ3n) is 3.43. The monoisotopic (exact) mass is 368 g/mol. The zero-order valence-electron chi connectivity index (χ0n) is 16.6. The molecular formula is C17H32N6O3. The lowest BCUT2D eigenvalue weighted by Crippen LogP contribution is -2.48. The molecule has 1 rings (SSSR count). The Morgan fingerprint density at radius 3 is 2.54 bits per heavy atom. The van der Waals surface area contributed by atoms with Gasteiger partial charge >= 0.3 is 12.1 Å². The lowest BCUT2D eigenvalue weighted by molar-refractivity contribution is 0.0521. The molecule has 0 radical (unpaired) electrons. The molecule has 9 nitrogen and oxygen atoms in total. The van der Waals surface area contributed by atoms with Crippen molar-refractivity contribution in [2.75, 3.05) is 6.54 Å². The van der Waals surface area contributed by atoms with E-state index in [1.165, 1.54) is 0 Å². The Morgan fingerprint density at radius 2 is 1.96 bits per heavy atom. The van der Waals surface area contributed by atoms with Crippen LogP contribution in [0, 0.1) is 5.92 Å². The van der Waals surface area contributed by atoms with Crippen LogP contribution in [0.25, 0.3) is 0 Å². The van der Waals surface area contributed by atoms with E-state index in [1.54, 1.807) is 27.1 Å². The summed E-state index contributed by atoms with van der Waals surface area (Å²) in [6.45, 7) is 12.8. The number of ether oxygens (including phenoxy) is 1. The number of alkyl carbamates (subject to hydrolysis) is 1. The van der Waals surface area contributed by atoms with E-state index in [1.807, 2.05) is 11.5 Å². The highest BCUT2D eigenvalue weighted by atomic mass is 16.6. The van der Waals surface area contributed by atoms with Crippen molar-refractivity contribution in [3.8, 4) is 0 Å². The highest BCUT2D eigenvalue weighted by Crippen LogP contribution is 2.07. The van der Waals surface area contributed by atoms with Crippen LogP contribution in [0.2, 0.25) is 0 Å². The lowest BCUT2D eigenvalue weighted by Gasteiger charge is -2.23. The molecule has 1 atom stereocenters. The van der Waals surface area contributed by atoms with Crippen molar-refractivity contribution < 1.29 is 14.3 Å². The van der Waals surface area contributed by atoms with Gasteiger partial charge in [-0.1, -0.05) is 13.8 Å². The van der Waals surface area contributed by atoms with Crippen LogP contribution >= 0.6 is 0 Å². The summed E-state index contributed by atoms with van der Waals surface area (Å²) < 4.78 is 7.08. The predicted molar refractivity (Wildman–Crippen MR) is 98.5 cm³/mol. The van der Waals surface area contributed by atoms with E-state index in [4.69, 9.17) is 4.74 Å². The Kier molecular flexibility index (Phi) is 8.34. The molecule has 0 saturated heterocycles. The van der Waals surface area contributed by atoms with E-state index in [-0.39, 0.29) is 18.6 Å². The van der Waals surface area contributed by atoms with E-state index >= 15 is 0 Å². The molecule has 0 fully saturated rings. The zero-order valence-corrected chi connectivity index (χ0v) is 16.6. The number of aromatic nitrogens is 3. The first-order valence-electron chi connectivity index (χ1n) is 8.98. The van der Waals surface area contributed by atoms with E-state index in [2.05, 4.69) is 40.0 Å². The molecule has 9 heteroatoms. The maximum absolute atomic E-state index is 12.2. The number of hydrogen-bond donors (Lipinski definition) is 3. The number of hydrogen-bond acceptors (Lipinski definition) is 5. The van der Waals surface area contributed by atoms with E-state index in [0.717, 1.165) is 13.0 Å². The molecule has 0 bridgehead atoms. The molecule has 0 saturated carbocycles. The molecule has 1 unspecified atom stereocenters. The number of aryl methyl sites for hydroxylation is 1. The minimum Gasteiger partial charge on any atom is -0.444 e. The van der Waals surface area contributed by atoms with Crippen molar-refractivity contribution in [2.45, 2.75) is 72.7 Å². The molecule has 1 heterocycles. The van der Waals surface area contributed by atoms with Crippen molar-refractivity contribution in [2.24, 2.45) is 5.92 Å². The van der Waals surface area contributed by atoms with Crippen LogP contribution in [0.3, 0.4) is 0 Å². The van der Waals surface area contributed by atoms with Crippen molar-refractivity contribution in [3.05, 3.63) is 12.2 Å². The first kappa shape index (κ1) is 21.7. The Morgan fingerprint density at radius 1 is 1.27 bits per heavy atom. The number of nitrogens with zero attached hydrogens (tertiary/aromatic N) is 3. The molecule has 26 heavy (non-hydrogen) atoms. The van der Waals surface area contributed by atoms with Crippen LogP contribution in [-0.2, 0) is 17.8 Å². The highest BCUT2D eigenvalue weighted by Gasteiger charge is 2.19. The van der Waals surface area contributed by atoms with E-state index in [9.17, 15) is 9.59 Å². The standard InChI is InChI=1S/C17H32N6O3/c1-7-23-11-20-22-14(23)10-18-15(24)21-13(8-12(2)3)9-19-16(25)26-17(4,5)6/h11-13H,7-10H2,1-6H3,(H,19,25)(H2,18,21,24). The van der Waals surface area contributed by atoms with Gasteiger partial charge in [-0.2, -0.15) is 0 Å². The summed E-state index contributed by atoms with van der Waals surface area (Å²) in [5.74, 6) is 1.05. The fourth-order valence-corrected chi connectivity index (χ4v) is 2.36. The predicted octanol–water partition coefficient (Wildman–Crippen LogP) is 2.04. The number of carbonyl (C=O) groups excluding carboxylic acids is 2. The lowest BCUT2D eigenvalue weighted by atomic mass is 10.0. The van der Waals surface area contributed by atoms with Gasteiger partial charge in [-0.3, -0.25) is 0 Å². The minimum absolute atomic E-state index is 0.202. The van der Waals surface area contributed by atoms with Crippen molar-refractivity contribution in [1.82, 2.24) is 30.7 Å². The number of rotatable bonds is 8. The molecule has 3 amide bonds. The fraction of sp³-hybridized carbons (Fsp3) is 0.765. The van der Waals surface area contributed by atoms with Crippen LogP contribution in [-0.4, -0.2) is 45.1 Å². The van der Waals surface area contributed by atoms with Gasteiger partial charge in [0.25, 0.3) is 0 Å². The molecule has 1 aromatic rings. The summed E-state index contributed by atoms with van der Waals surface area (Å²) >= 11 is 0. The maximum Gasteiger partial charge on any atom is 0.407 e. The van der Waals surface area contributed by atoms with Gasteiger partial charge in [-0.15, -0.1) is 10.2 Å². The average molecular weight is 368 g/mol. The van der Waals surface area contributed by atoms with Crippen LogP contribution in [0.15, 0.2) is 6.33 Å². The van der Waals surface area contributed by atoms with Crippen molar-refractivity contribution in [1.29, 1.82) is 0 Å². The largest absolute Gasteiger partial charge is 0.444 e. The SMILES string of the molecule is CCn1cnnc1CNC(=O)NC(CNC(=O)OC(C)(C)C)CC(C)C. The van der Waals surface area contributed by atoms with Gasteiger partial charge in [0, 0.05) is 19.1 Å². The third kappa shape index (κ3) is 8.68. The Bertz CT molecular complexity index is 579. The quantitative estimate of drug-likeness (QED) is 0.650. The van der Waals surface area contributed by atoms with E-state index < -0.39 is 11.7 Å². The second-order valence-electron chi connectivity index (χ2n) is 7.57. The normalized spacial score (nSPS) is 12.6. The average Bonchev–Trinajstić information content (AvgIpc) is 2.96. The molecule has 0 aliphatic heterocycles. The zero-order chi connectivity index (χ0) is 19.7. The first-order chi connectivity index (χ1) is 12.1. The fourth-order valence-electron chi connectivity index (χ4n) is 2.36. The highest BCUT2D eigenvalue weighted by molar-refractivity contribution is 5.74. The van der Waals surface area contributed by atoms with Gasteiger partial charge < -0.3 is 25.3 Å². The van der Waals surface area contributed by atoms with Crippen LogP contribution in [0.1, 0.15) is 53.8 Å². The third-order valence-corrected chi connectivity index (χ3v) is 3.43. The van der Waals surface area contributed by atoms with Crippen molar-refractivity contribution in [3.63, 3.8) is 0 Å². The van der Waals surface area contributed by atoms with Crippen LogP contribution in [0.4, 0.5) is 9.59 Å². The summed E-state index contributed by atoms with van der Waals surface area (Å²) in [6, 6.07) is -0.515. The summed E-state index contributed by atoms with van der Waals surface area (Å²) in [7, 11) is 0. The van der Waals surface area contributed by atoms with Gasteiger partial charge in [0.1, 0.15) is 11.9 Å². The van der Waals surface area contributed by atoms with Gasteiger partial charge in [-0.25, -0.2) is 9.59 Å². The molecule has 0 aliphatic rings. The van der Waals surface area contributed by atoms with Crippen LogP contribution in [0.5, 0.6) is 0 Å². The molecule has 3 N–H and O–H groups in total. The maximum atomic E-state index is 12.2. The molecule has 148 valence electrons. The van der Waals surface area contributed by atoms with Gasteiger partial charge in [0.2, 0.25) is 0 Å². The Balaban J connectivity index is 2.49. The Labute approximate surface area is 155 Å². The van der Waals surface area contributed by atoms with Gasteiger partial charge in [0.05, 0.1) is 6.54 Å². The van der Waals surface area contributed by atoms with E-state index in [0.29, 0.717) is 18.3 Å². The molecular weight excluding hydrogens is 336 g/mol. The Hall–Kier alpha value is -2.32. The molecule has 1 aromatic heterocycles. The minimum atomic E-state index is -0.558.